The highest BCUT2D eigenvalue weighted by Crippen LogP contribution is 2.13. The van der Waals surface area contributed by atoms with Gasteiger partial charge in [-0.05, 0) is 50.1 Å². The van der Waals surface area contributed by atoms with E-state index >= 15 is 0 Å². The van der Waals surface area contributed by atoms with E-state index in [1.165, 1.54) is 11.1 Å². The van der Waals surface area contributed by atoms with E-state index in [4.69, 9.17) is 5.73 Å². The van der Waals surface area contributed by atoms with Gasteiger partial charge in [0, 0.05) is 18.4 Å². The summed E-state index contributed by atoms with van der Waals surface area (Å²) in [6.45, 7) is 7.55. The standard InChI is InChI=1S/C15H21N5/c1-4-20-8-7-14(19-20)10-17-15(16)18-13-6-5-11(2)12(3)9-13/h5-9H,4,10H2,1-3H3,(H3,16,17,18). The molecule has 0 atom stereocenters. The molecule has 0 saturated carbocycles. The van der Waals surface area contributed by atoms with Crippen LogP contribution in [-0.2, 0) is 13.1 Å². The summed E-state index contributed by atoms with van der Waals surface area (Å²) >= 11 is 0. The SMILES string of the molecule is CCn1ccc(CN=C(N)Nc2ccc(C)c(C)c2)n1. The van der Waals surface area contributed by atoms with Crippen LogP contribution in [0.5, 0.6) is 0 Å². The second-order valence-electron chi connectivity index (χ2n) is 4.79. The van der Waals surface area contributed by atoms with E-state index in [-0.39, 0.29) is 0 Å². The van der Waals surface area contributed by atoms with Crippen molar-refractivity contribution in [2.24, 2.45) is 10.7 Å². The molecule has 5 heteroatoms. The number of rotatable bonds is 4. The molecule has 0 aliphatic heterocycles. The Hall–Kier alpha value is -2.30. The van der Waals surface area contributed by atoms with Gasteiger partial charge in [0.05, 0.1) is 12.2 Å². The van der Waals surface area contributed by atoms with Gasteiger partial charge in [0.15, 0.2) is 5.96 Å². The Labute approximate surface area is 119 Å². The van der Waals surface area contributed by atoms with Crippen LogP contribution in [-0.4, -0.2) is 15.7 Å². The molecule has 5 nitrogen and oxygen atoms in total. The zero-order chi connectivity index (χ0) is 14.5. The van der Waals surface area contributed by atoms with Crippen molar-refractivity contribution in [2.75, 3.05) is 5.32 Å². The molecular formula is C15H21N5. The molecule has 1 aromatic heterocycles. The minimum Gasteiger partial charge on any atom is -0.370 e. The van der Waals surface area contributed by atoms with Crippen molar-refractivity contribution < 1.29 is 0 Å². The molecule has 106 valence electrons. The molecule has 0 fully saturated rings. The maximum atomic E-state index is 5.89. The normalized spacial score (nSPS) is 11.7. The van der Waals surface area contributed by atoms with Crippen LogP contribution in [0.15, 0.2) is 35.5 Å². The van der Waals surface area contributed by atoms with Gasteiger partial charge in [0.1, 0.15) is 0 Å². The van der Waals surface area contributed by atoms with E-state index in [9.17, 15) is 0 Å². The third-order valence-corrected chi connectivity index (χ3v) is 3.21. The molecule has 2 rings (SSSR count). The van der Waals surface area contributed by atoms with E-state index in [0.717, 1.165) is 17.9 Å². The molecule has 1 heterocycles. The molecule has 0 amide bonds. The molecule has 0 aliphatic rings. The molecular weight excluding hydrogens is 250 g/mol. The lowest BCUT2D eigenvalue weighted by Gasteiger charge is -2.07. The number of aromatic nitrogens is 2. The number of anilines is 1. The number of benzene rings is 1. The minimum absolute atomic E-state index is 0.402. The number of aliphatic imine (C=N–C) groups is 1. The maximum Gasteiger partial charge on any atom is 0.193 e. The predicted molar refractivity (Wildman–Crippen MR) is 82.8 cm³/mol. The Morgan fingerprint density at radius 1 is 1.30 bits per heavy atom. The number of guanidine groups is 1. The number of nitrogens with one attached hydrogen (secondary N) is 1. The highest BCUT2D eigenvalue weighted by molar-refractivity contribution is 5.92. The quantitative estimate of drug-likeness (QED) is 0.663. The Morgan fingerprint density at radius 2 is 2.10 bits per heavy atom. The number of aryl methyl sites for hydroxylation is 3. The summed E-state index contributed by atoms with van der Waals surface area (Å²) in [4.78, 5) is 4.30. The first-order valence-electron chi connectivity index (χ1n) is 6.75. The number of nitrogens with zero attached hydrogens (tertiary/aromatic N) is 3. The van der Waals surface area contributed by atoms with Crippen LogP contribution in [0.25, 0.3) is 0 Å². The largest absolute Gasteiger partial charge is 0.370 e. The van der Waals surface area contributed by atoms with Crippen LogP contribution < -0.4 is 11.1 Å². The van der Waals surface area contributed by atoms with Crippen molar-refractivity contribution in [2.45, 2.75) is 33.9 Å². The van der Waals surface area contributed by atoms with E-state index in [2.05, 4.69) is 48.3 Å². The fourth-order valence-electron chi connectivity index (χ4n) is 1.84. The Morgan fingerprint density at radius 3 is 2.75 bits per heavy atom. The number of nitrogens with two attached hydrogens (primary N) is 1. The van der Waals surface area contributed by atoms with E-state index in [1.807, 2.05) is 23.0 Å². The lowest BCUT2D eigenvalue weighted by atomic mass is 10.1. The van der Waals surface area contributed by atoms with E-state index in [0.29, 0.717) is 12.5 Å². The third-order valence-electron chi connectivity index (χ3n) is 3.21. The summed E-state index contributed by atoms with van der Waals surface area (Å²) in [5.74, 6) is 0.402. The number of hydrogen-bond acceptors (Lipinski definition) is 2. The van der Waals surface area contributed by atoms with Crippen molar-refractivity contribution in [1.82, 2.24) is 9.78 Å². The average Bonchev–Trinajstić information content (AvgIpc) is 2.89. The summed E-state index contributed by atoms with van der Waals surface area (Å²) in [6.07, 6.45) is 1.94. The predicted octanol–water partition coefficient (Wildman–Crippen LogP) is 2.45. The van der Waals surface area contributed by atoms with Crippen molar-refractivity contribution in [3.05, 3.63) is 47.3 Å². The molecule has 0 aliphatic carbocycles. The van der Waals surface area contributed by atoms with Gasteiger partial charge in [0.25, 0.3) is 0 Å². The molecule has 0 unspecified atom stereocenters. The van der Waals surface area contributed by atoms with Crippen molar-refractivity contribution in [1.29, 1.82) is 0 Å². The molecule has 0 saturated heterocycles. The lowest BCUT2D eigenvalue weighted by molar-refractivity contribution is 0.647. The molecule has 0 radical (unpaired) electrons. The Kier molecular flexibility index (Phi) is 4.40. The van der Waals surface area contributed by atoms with Crippen LogP contribution in [0.4, 0.5) is 5.69 Å². The topological polar surface area (TPSA) is 68.2 Å². The van der Waals surface area contributed by atoms with Gasteiger partial charge in [-0.25, -0.2) is 4.99 Å². The molecule has 1 aromatic carbocycles. The minimum atomic E-state index is 0.402. The van der Waals surface area contributed by atoms with E-state index < -0.39 is 0 Å². The van der Waals surface area contributed by atoms with Gasteiger partial charge in [-0.2, -0.15) is 5.10 Å². The highest BCUT2D eigenvalue weighted by atomic mass is 15.3. The summed E-state index contributed by atoms with van der Waals surface area (Å²) in [7, 11) is 0. The second-order valence-corrected chi connectivity index (χ2v) is 4.79. The zero-order valence-corrected chi connectivity index (χ0v) is 12.2. The van der Waals surface area contributed by atoms with Crippen molar-refractivity contribution in [3.8, 4) is 0 Å². The first kappa shape index (κ1) is 14.1. The van der Waals surface area contributed by atoms with Crippen molar-refractivity contribution >= 4 is 11.6 Å². The monoisotopic (exact) mass is 271 g/mol. The Bertz CT molecular complexity index is 612. The zero-order valence-electron chi connectivity index (χ0n) is 12.2. The van der Waals surface area contributed by atoms with Gasteiger partial charge in [-0.15, -0.1) is 0 Å². The second kappa shape index (κ2) is 6.23. The highest BCUT2D eigenvalue weighted by Gasteiger charge is 2.00. The van der Waals surface area contributed by atoms with Crippen LogP contribution in [0.3, 0.4) is 0 Å². The first-order chi connectivity index (χ1) is 9.58. The molecule has 20 heavy (non-hydrogen) atoms. The van der Waals surface area contributed by atoms with Crippen LogP contribution in [0.2, 0.25) is 0 Å². The smallest absolute Gasteiger partial charge is 0.193 e. The average molecular weight is 271 g/mol. The van der Waals surface area contributed by atoms with Gasteiger partial charge < -0.3 is 11.1 Å². The summed E-state index contributed by atoms with van der Waals surface area (Å²) in [6, 6.07) is 8.07. The fourth-order valence-corrected chi connectivity index (χ4v) is 1.84. The summed E-state index contributed by atoms with van der Waals surface area (Å²) in [5.41, 5.74) is 10.2. The lowest BCUT2D eigenvalue weighted by Crippen LogP contribution is -2.22. The number of hydrogen-bond donors (Lipinski definition) is 2. The first-order valence-corrected chi connectivity index (χ1v) is 6.75. The van der Waals surface area contributed by atoms with Crippen LogP contribution >= 0.6 is 0 Å². The molecule has 3 N–H and O–H groups in total. The fraction of sp³-hybridized carbons (Fsp3) is 0.333. The van der Waals surface area contributed by atoms with Gasteiger partial charge >= 0.3 is 0 Å². The third kappa shape index (κ3) is 3.60. The Balaban J connectivity index is 1.98. The summed E-state index contributed by atoms with van der Waals surface area (Å²) < 4.78 is 1.87. The van der Waals surface area contributed by atoms with Crippen LogP contribution in [0.1, 0.15) is 23.7 Å². The van der Waals surface area contributed by atoms with Gasteiger partial charge in [-0.1, -0.05) is 6.07 Å². The molecule has 0 bridgehead atoms. The van der Waals surface area contributed by atoms with Gasteiger partial charge in [0.2, 0.25) is 0 Å². The van der Waals surface area contributed by atoms with Crippen LogP contribution in [0, 0.1) is 13.8 Å². The van der Waals surface area contributed by atoms with Crippen molar-refractivity contribution in [3.63, 3.8) is 0 Å². The van der Waals surface area contributed by atoms with Gasteiger partial charge in [-0.3, -0.25) is 4.68 Å². The molecule has 2 aromatic rings. The van der Waals surface area contributed by atoms with E-state index in [1.54, 1.807) is 0 Å². The molecule has 0 spiro atoms. The maximum absolute atomic E-state index is 5.89. The summed E-state index contributed by atoms with van der Waals surface area (Å²) in [5, 5.41) is 7.45.